The van der Waals surface area contributed by atoms with Crippen molar-refractivity contribution < 1.29 is 4.57 Å². The molecule has 0 N–H and O–H groups in total. The van der Waals surface area contributed by atoms with Gasteiger partial charge in [-0.15, -0.1) is 0 Å². The predicted octanol–water partition coefficient (Wildman–Crippen LogP) is 9.82. The second kappa shape index (κ2) is 18.0. The van der Waals surface area contributed by atoms with Gasteiger partial charge in [-0.25, -0.2) is 9.13 Å². The molecule has 3 aromatic rings. The lowest BCUT2D eigenvalue weighted by Crippen LogP contribution is -2.37. The van der Waals surface area contributed by atoms with Crippen molar-refractivity contribution in [1.29, 1.82) is 0 Å². The Morgan fingerprint density at radius 3 is 1.84 bits per heavy atom. The minimum absolute atomic E-state index is 0.519. The average Bonchev–Trinajstić information content (AvgIpc) is 3.26. The summed E-state index contributed by atoms with van der Waals surface area (Å²) in [6.07, 6.45) is 22.2. The number of hydrogen-bond acceptors (Lipinski definition) is 0. The van der Waals surface area contributed by atoms with E-state index < -0.39 is 0 Å². The van der Waals surface area contributed by atoms with E-state index in [1.54, 1.807) is 0 Å². The van der Waals surface area contributed by atoms with Crippen molar-refractivity contribution in [1.82, 2.24) is 4.57 Å². The lowest BCUT2D eigenvalue weighted by molar-refractivity contribution is -0.704. The molecular weight excluding hydrogens is 460 g/mol. The van der Waals surface area contributed by atoms with Gasteiger partial charge in [0.1, 0.15) is 11.9 Å². The van der Waals surface area contributed by atoms with Crippen LogP contribution in [0.15, 0.2) is 66.9 Å². The maximum absolute atomic E-state index is 2.72. The minimum atomic E-state index is 0.519. The molecule has 0 spiro atoms. The highest BCUT2D eigenvalue weighted by Gasteiger charge is 2.25. The smallest absolute Gasteiger partial charge is 0.234 e. The van der Waals surface area contributed by atoms with Crippen LogP contribution >= 0.6 is 0 Å². The molecule has 38 heavy (non-hydrogen) atoms. The molecule has 1 atom stereocenters. The average molecular weight is 516 g/mol. The number of aromatic nitrogens is 2. The molecule has 1 heterocycles. The number of rotatable bonds is 20. The highest BCUT2D eigenvalue weighted by Crippen LogP contribution is 2.22. The SMILES string of the molecule is CCCCCCCCCn1c(CC(C)c2ccccc2)c[n+](CCCCCCCC)c1Cc1ccccc1. The second-order valence-electron chi connectivity index (χ2n) is 11.4. The first-order valence-electron chi connectivity index (χ1n) is 15.9. The van der Waals surface area contributed by atoms with Crippen LogP contribution in [-0.4, -0.2) is 4.57 Å². The van der Waals surface area contributed by atoms with Crippen LogP contribution in [-0.2, 0) is 25.9 Å². The van der Waals surface area contributed by atoms with Crippen LogP contribution < -0.4 is 4.57 Å². The van der Waals surface area contributed by atoms with Gasteiger partial charge in [-0.3, -0.25) is 0 Å². The van der Waals surface area contributed by atoms with E-state index in [4.69, 9.17) is 0 Å². The van der Waals surface area contributed by atoms with Crippen LogP contribution in [0.3, 0.4) is 0 Å². The molecule has 2 aromatic carbocycles. The first kappa shape index (κ1) is 30.2. The van der Waals surface area contributed by atoms with Gasteiger partial charge in [0.2, 0.25) is 0 Å². The molecule has 0 saturated heterocycles. The molecule has 1 unspecified atom stereocenters. The minimum Gasteiger partial charge on any atom is -0.234 e. The molecule has 0 amide bonds. The molecule has 0 saturated carbocycles. The van der Waals surface area contributed by atoms with Crippen molar-refractivity contribution >= 4 is 0 Å². The lowest BCUT2D eigenvalue weighted by Gasteiger charge is -2.12. The summed E-state index contributed by atoms with van der Waals surface area (Å²) >= 11 is 0. The van der Waals surface area contributed by atoms with E-state index in [1.807, 2.05) is 0 Å². The van der Waals surface area contributed by atoms with Gasteiger partial charge in [0.15, 0.2) is 0 Å². The van der Waals surface area contributed by atoms with Crippen molar-refractivity contribution in [2.45, 2.75) is 136 Å². The summed E-state index contributed by atoms with van der Waals surface area (Å²) in [4.78, 5) is 0. The Balaban J connectivity index is 1.79. The zero-order valence-electron chi connectivity index (χ0n) is 24.8. The molecule has 0 fully saturated rings. The highest BCUT2D eigenvalue weighted by atomic mass is 15.2. The molecular formula is C36H55N2+. The summed E-state index contributed by atoms with van der Waals surface area (Å²) in [5, 5.41) is 0. The fourth-order valence-electron chi connectivity index (χ4n) is 5.75. The molecule has 1 aromatic heterocycles. The van der Waals surface area contributed by atoms with Gasteiger partial charge >= 0.3 is 0 Å². The van der Waals surface area contributed by atoms with E-state index in [2.05, 4.69) is 96.8 Å². The molecule has 0 aliphatic carbocycles. The van der Waals surface area contributed by atoms with Gasteiger partial charge in [-0.1, -0.05) is 139 Å². The van der Waals surface area contributed by atoms with Crippen LogP contribution in [0.2, 0.25) is 0 Å². The quantitative estimate of drug-likeness (QED) is 0.105. The molecule has 2 heteroatoms. The Hall–Kier alpha value is -2.35. The third-order valence-electron chi connectivity index (χ3n) is 8.12. The lowest BCUT2D eigenvalue weighted by atomic mass is 9.96. The van der Waals surface area contributed by atoms with E-state index in [-0.39, 0.29) is 0 Å². The predicted molar refractivity (Wildman–Crippen MR) is 164 cm³/mol. The van der Waals surface area contributed by atoms with Gasteiger partial charge < -0.3 is 0 Å². The molecule has 2 nitrogen and oxygen atoms in total. The van der Waals surface area contributed by atoms with Gasteiger partial charge in [-0.05, 0) is 42.7 Å². The topological polar surface area (TPSA) is 8.81 Å². The number of unbranched alkanes of at least 4 members (excludes halogenated alkanes) is 11. The summed E-state index contributed by atoms with van der Waals surface area (Å²) < 4.78 is 5.34. The Labute approximate surface area is 234 Å². The monoisotopic (exact) mass is 515 g/mol. The third-order valence-corrected chi connectivity index (χ3v) is 8.12. The van der Waals surface area contributed by atoms with Crippen LogP contribution in [0.4, 0.5) is 0 Å². The number of nitrogens with zero attached hydrogens (tertiary/aromatic N) is 2. The molecule has 0 radical (unpaired) electrons. The van der Waals surface area contributed by atoms with Gasteiger partial charge in [0.25, 0.3) is 5.82 Å². The van der Waals surface area contributed by atoms with Crippen molar-refractivity contribution in [3.8, 4) is 0 Å². The van der Waals surface area contributed by atoms with E-state index in [1.165, 1.54) is 106 Å². The van der Waals surface area contributed by atoms with Crippen molar-refractivity contribution in [2.24, 2.45) is 0 Å². The van der Waals surface area contributed by atoms with E-state index in [0.717, 1.165) is 25.9 Å². The summed E-state index contributed by atoms with van der Waals surface area (Å²) in [6.45, 7) is 9.30. The molecule has 0 aliphatic rings. The summed E-state index contributed by atoms with van der Waals surface area (Å²) in [5.74, 6) is 2.02. The Morgan fingerprint density at radius 2 is 1.21 bits per heavy atom. The molecule has 208 valence electrons. The standard InChI is InChI=1S/C36H55N2/c1-4-6-8-10-12-14-22-28-38-35(29-32(3)34-25-19-16-20-26-34)31-37(27-21-13-11-9-7-5-2)36(38)30-33-23-17-15-18-24-33/h15-20,23-26,31-32H,4-14,21-22,27-30H2,1-3H3/q+1. The van der Waals surface area contributed by atoms with Gasteiger partial charge in [0.05, 0.1) is 19.5 Å². The molecule has 0 aliphatic heterocycles. The van der Waals surface area contributed by atoms with Crippen LogP contribution in [0, 0.1) is 0 Å². The number of aryl methyl sites for hydroxylation is 1. The zero-order chi connectivity index (χ0) is 26.8. The fourth-order valence-corrected chi connectivity index (χ4v) is 5.75. The number of benzene rings is 2. The summed E-state index contributed by atoms with van der Waals surface area (Å²) in [6, 6.07) is 22.2. The van der Waals surface area contributed by atoms with Crippen LogP contribution in [0.25, 0.3) is 0 Å². The first-order valence-corrected chi connectivity index (χ1v) is 15.9. The summed E-state index contributed by atoms with van der Waals surface area (Å²) in [5.41, 5.74) is 4.39. The van der Waals surface area contributed by atoms with Crippen molar-refractivity contribution in [3.63, 3.8) is 0 Å². The highest BCUT2D eigenvalue weighted by molar-refractivity contribution is 5.22. The van der Waals surface area contributed by atoms with Crippen molar-refractivity contribution in [3.05, 3.63) is 89.5 Å². The molecule has 3 rings (SSSR count). The maximum Gasteiger partial charge on any atom is 0.261 e. The second-order valence-corrected chi connectivity index (χ2v) is 11.4. The Bertz CT molecular complexity index is 989. The maximum atomic E-state index is 2.72. The van der Waals surface area contributed by atoms with E-state index >= 15 is 0 Å². The Morgan fingerprint density at radius 1 is 0.658 bits per heavy atom. The van der Waals surface area contributed by atoms with Crippen LogP contribution in [0.1, 0.15) is 133 Å². The normalized spacial score (nSPS) is 12.2. The van der Waals surface area contributed by atoms with Crippen LogP contribution in [0.5, 0.6) is 0 Å². The summed E-state index contributed by atoms with van der Waals surface area (Å²) in [7, 11) is 0. The van der Waals surface area contributed by atoms with E-state index in [0.29, 0.717) is 5.92 Å². The number of hydrogen-bond donors (Lipinski definition) is 0. The fraction of sp³-hybridized carbons (Fsp3) is 0.583. The first-order chi connectivity index (χ1) is 18.7. The zero-order valence-corrected chi connectivity index (χ0v) is 24.8. The Kier molecular flexibility index (Phi) is 14.3. The third kappa shape index (κ3) is 10.4. The molecule has 0 bridgehead atoms. The van der Waals surface area contributed by atoms with Gasteiger partial charge in [-0.2, -0.15) is 0 Å². The van der Waals surface area contributed by atoms with Crippen molar-refractivity contribution in [2.75, 3.05) is 0 Å². The van der Waals surface area contributed by atoms with Gasteiger partial charge in [0, 0.05) is 6.42 Å². The number of imidazole rings is 1. The van der Waals surface area contributed by atoms with E-state index in [9.17, 15) is 0 Å². The largest absolute Gasteiger partial charge is 0.261 e.